The maximum absolute atomic E-state index is 10.3. The average molecular weight is 316 g/mol. The molecule has 0 aromatic rings. The van der Waals surface area contributed by atoms with E-state index in [1.807, 2.05) is 34.6 Å². The number of hydrogen-bond acceptors (Lipinski definition) is 4. The molecule has 132 valence electrons. The number of ketones is 4. The average Bonchev–Trinajstić information content (AvgIpc) is 2.27. The van der Waals surface area contributed by atoms with Gasteiger partial charge in [-0.3, -0.25) is 4.79 Å². The minimum absolute atomic E-state index is 0.167. The zero-order valence-corrected chi connectivity index (χ0v) is 16.2. The Hall–Kier alpha value is -1.32. The Morgan fingerprint density at radius 3 is 0.955 bits per heavy atom. The van der Waals surface area contributed by atoms with Crippen molar-refractivity contribution in [2.75, 3.05) is 0 Å². The normalized spacial score (nSPS) is 8.55. The van der Waals surface area contributed by atoms with E-state index in [1.54, 1.807) is 20.8 Å². The van der Waals surface area contributed by atoms with Crippen LogP contribution < -0.4 is 0 Å². The predicted octanol–water partition coefficient (Wildman–Crippen LogP) is 4.43. The fraction of sp³-hybridized carbons (Fsp3) is 0.778. The van der Waals surface area contributed by atoms with Gasteiger partial charge in [0.1, 0.15) is 23.1 Å². The summed E-state index contributed by atoms with van der Waals surface area (Å²) < 4.78 is 0. The van der Waals surface area contributed by atoms with E-state index >= 15 is 0 Å². The predicted molar refractivity (Wildman–Crippen MR) is 93.0 cm³/mol. The first kappa shape index (κ1) is 28.8. The molecule has 0 unspecified atom stereocenters. The quantitative estimate of drug-likeness (QED) is 0.769. The second-order valence-corrected chi connectivity index (χ2v) is 6.03. The first-order valence-electron chi connectivity index (χ1n) is 7.74. The Bertz CT molecular complexity index is 311. The third-order valence-corrected chi connectivity index (χ3v) is 2.01. The van der Waals surface area contributed by atoms with Crippen molar-refractivity contribution < 1.29 is 19.2 Å². The zero-order chi connectivity index (χ0) is 18.9. The number of hydrogen-bond donors (Lipinski definition) is 0. The van der Waals surface area contributed by atoms with Gasteiger partial charge in [0, 0.05) is 18.8 Å². The number of rotatable bonds is 4. The Morgan fingerprint density at radius 2 is 0.955 bits per heavy atom. The molecule has 0 amide bonds. The SMILES string of the molecule is CC(=O)C(C)C.CC(=O)CC(C)C.CC(C)=O.CCC(C)=O. The molecule has 22 heavy (non-hydrogen) atoms. The molecule has 0 aliphatic rings. The van der Waals surface area contributed by atoms with Gasteiger partial charge < -0.3 is 14.4 Å². The Labute approximate surface area is 137 Å². The molecule has 0 atom stereocenters. The molecule has 0 saturated heterocycles. The third-order valence-electron chi connectivity index (χ3n) is 2.01. The van der Waals surface area contributed by atoms with E-state index < -0.39 is 0 Å². The largest absolute Gasteiger partial charge is 0.300 e. The highest BCUT2D eigenvalue weighted by molar-refractivity contribution is 5.77. The van der Waals surface area contributed by atoms with Crippen LogP contribution in [0.5, 0.6) is 0 Å². The highest BCUT2D eigenvalue weighted by atomic mass is 16.1. The summed E-state index contributed by atoms with van der Waals surface area (Å²) in [4.78, 5) is 39.7. The van der Waals surface area contributed by atoms with Crippen LogP contribution in [0.4, 0.5) is 0 Å². The van der Waals surface area contributed by atoms with Crippen LogP contribution in [0.2, 0.25) is 0 Å². The third kappa shape index (κ3) is 77.5. The van der Waals surface area contributed by atoms with Crippen LogP contribution in [0.3, 0.4) is 0 Å². The van der Waals surface area contributed by atoms with Crippen LogP contribution in [0.15, 0.2) is 0 Å². The summed E-state index contributed by atoms with van der Waals surface area (Å²) in [5, 5.41) is 0. The molecular weight excluding hydrogens is 280 g/mol. The Balaban J connectivity index is -0.000000100. The molecule has 0 fully saturated rings. The van der Waals surface area contributed by atoms with E-state index in [0.29, 0.717) is 12.3 Å². The first-order chi connectivity index (χ1) is 9.77. The summed E-state index contributed by atoms with van der Waals surface area (Å²) in [6.07, 6.45) is 1.39. The topological polar surface area (TPSA) is 68.3 Å². The van der Waals surface area contributed by atoms with Crippen molar-refractivity contribution in [3.05, 3.63) is 0 Å². The lowest BCUT2D eigenvalue weighted by atomic mass is 10.1. The number of Topliss-reactive ketones (excluding diaryl/α,β-unsaturated/α-hetero) is 4. The van der Waals surface area contributed by atoms with Gasteiger partial charge in [-0.15, -0.1) is 0 Å². The molecule has 0 N–H and O–H groups in total. The van der Waals surface area contributed by atoms with Gasteiger partial charge in [-0.1, -0.05) is 34.6 Å². The van der Waals surface area contributed by atoms with Crippen molar-refractivity contribution in [2.45, 2.75) is 82.1 Å². The maximum Gasteiger partial charge on any atom is 0.132 e. The van der Waals surface area contributed by atoms with Crippen molar-refractivity contribution in [3.63, 3.8) is 0 Å². The Kier molecular flexibility index (Phi) is 25.8. The molecule has 0 heterocycles. The van der Waals surface area contributed by atoms with E-state index in [0.717, 1.165) is 6.42 Å². The van der Waals surface area contributed by atoms with E-state index in [2.05, 4.69) is 0 Å². The molecule has 0 rings (SSSR count). The zero-order valence-electron chi connectivity index (χ0n) is 16.2. The van der Waals surface area contributed by atoms with Crippen molar-refractivity contribution >= 4 is 23.1 Å². The lowest BCUT2D eigenvalue weighted by molar-refractivity contribution is -0.120. The minimum Gasteiger partial charge on any atom is -0.300 e. The first-order valence-corrected chi connectivity index (χ1v) is 7.74. The van der Waals surface area contributed by atoms with E-state index in [1.165, 1.54) is 13.8 Å². The van der Waals surface area contributed by atoms with Crippen LogP contribution >= 0.6 is 0 Å². The maximum atomic E-state index is 10.3. The van der Waals surface area contributed by atoms with Gasteiger partial charge in [0.25, 0.3) is 0 Å². The van der Waals surface area contributed by atoms with Gasteiger partial charge in [-0.25, -0.2) is 0 Å². The fourth-order valence-corrected chi connectivity index (χ4v) is 0.575. The lowest BCUT2D eigenvalue weighted by Crippen LogP contribution is -1.98. The summed E-state index contributed by atoms with van der Waals surface area (Å²) in [7, 11) is 0. The molecule has 0 spiro atoms. The summed E-state index contributed by atoms with van der Waals surface area (Å²) >= 11 is 0. The van der Waals surface area contributed by atoms with Crippen molar-refractivity contribution in [1.29, 1.82) is 0 Å². The van der Waals surface area contributed by atoms with E-state index in [9.17, 15) is 19.2 Å². The van der Waals surface area contributed by atoms with Crippen LogP contribution in [0, 0.1) is 11.8 Å². The second kappa shape index (κ2) is 19.7. The lowest BCUT2D eigenvalue weighted by Gasteiger charge is -1.95. The summed E-state index contributed by atoms with van der Waals surface area (Å²) in [5.41, 5.74) is 0. The van der Waals surface area contributed by atoms with Crippen LogP contribution in [0.25, 0.3) is 0 Å². The smallest absolute Gasteiger partial charge is 0.132 e. The molecule has 0 aliphatic carbocycles. The fourth-order valence-electron chi connectivity index (χ4n) is 0.575. The van der Waals surface area contributed by atoms with Gasteiger partial charge in [0.2, 0.25) is 0 Å². The minimum atomic E-state index is 0.167. The van der Waals surface area contributed by atoms with Crippen LogP contribution in [-0.4, -0.2) is 23.1 Å². The number of carbonyl (C=O) groups excluding carboxylic acids is 4. The molecule has 4 heteroatoms. The summed E-state index contributed by atoms with van der Waals surface area (Å²) in [5.74, 6) is 1.71. The standard InChI is InChI=1S/C6H12O.C5H10O.C4H8O.C3H6O/c1-5(2)4-6(3)7;1-4(2)5(3)6;1-3-4(2)5;1-3(2)4/h5H,4H2,1-3H3;4H,1-3H3;3H2,1-2H3;1-2H3. The van der Waals surface area contributed by atoms with Crippen LogP contribution in [0.1, 0.15) is 82.1 Å². The molecule has 0 aromatic heterocycles. The van der Waals surface area contributed by atoms with Crippen LogP contribution in [-0.2, 0) is 19.2 Å². The number of carbonyl (C=O) groups is 4. The van der Waals surface area contributed by atoms with E-state index in [4.69, 9.17) is 0 Å². The second-order valence-electron chi connectivity index (χ2n) is 6.03. The van der Waals surface area contributed by atoms with E-state index in [-0.39, 0.29) is 29.1 Å². The van der Waals surface area contributed by atoms with Gasteiger partial charge in [-0.05, 0) is 40.5 Å². The summed E-state index contributed by atoms with van der Waals surface area (Å²) in [6, 6.07) is 0. The molecule has 0 bridgehead atoms. The van der Waals surface area contributed by atoms with Crippen molar-refractivity contribution in [3.8, 4) is 0 Å². The van der Waals surface area contributed by atoms with Gasteiger partial charge >= 0.3 is 0 Å². The molecule has 0 saturated carbocycles. The molecule has 0 aliphatic heterocycles. The van der Waals surface area contributed by atoms with Gasteiger partial charge in [-0.2, -0.15) is 0 Å². The molecule has 4 nitrogen and oxygen atoms in total. The molecular formula is C18H36O4. The van der Waals surface area contributed by atoms with Crippen molar-refractivity contribution in [2.24, 2.45) is 11.8 Å². The monoisotopic (exact) mass is 316 g/mol. The van der Waals surface area contributed by atoms with Gasteiger partial charge in [0.05, 0.1) is 0 Å². The highest BCUT2D eigenvalue weighted by Crippen LogP contribution is 1.97. The van der Waals surface area contributed by atoms with Crippen molar-refractivity contribution in [1.82, 2.24) is 0 Å². The highest BCUT2D eigenvalue weighted by Gasteiger charge is 1.95. The Morgan fingerprint density at radius 1 is 0.727 bits per heavy atom. The molecule has 0 radical (unpaired) electrons. The molecule has 0 aromatic carbocycles. The summed E-state index contributed by atoms with van der Waals surface area (Å²) in [6.45, 7) is 17.6. The van der Waals surface area contributed by atoms with Gasteiger partial charge in [0.15, 0.2) is 0 Å².